The predicted molar refractivity (Wildman–Crippen MR) is 60.0 cm³/mol. The van der Waals surface area contributed by atoms with Crippen LogP contribution in [0.25, 0.3) is 0 Å². The highest BCUT2D eigenvalue weighted by Gasteiger charge is 2.09. The average molecular weight is 255 g/mol. The number of anilines is 1. The summed E-state index contributed by atoms with van der Waals surface area (Å²) in [5, 5.41) is 2.58. The first-order chi connectivity index (χ1) is 8.56. The van der Waals surface area contributed by atoms with Gasteiger partial charge in [-0.15, -0.1) is 0 Å². The summed E-state index contributed by atoms with van der Waals surface area (Å²) in [5.41, 5.74) is 0.400. The molecule has 0 spiro atoms. The van der Waals surface area contributed by atoms with Crippen LogP contribution in [0, 0.1) is 23.3 Å². The van der Waals surface area contributed by atoms with E-state index in [2.05, 4.69) is 5.32 Å². The van der Waals surface area contributed by atoms with Gasteiger partial charge >= 0.3 is 0 Å². The molecule has 0 saturated carbocycles. The summed E-state index contributed by atoms with van der Waals surface area (Å²) in [7, 11) is 0. The molecule has 1 N–H and O–H groups in total. The number of benzene rings is 2. The van der Waals surface area contributed by atoms with E-state index in [9.17, 15) is 17.6 Å². The van der Waals surface area contributed by atoms with Crippen LogP contribution >= 0.6 is 0 Å². The van der Waals surface area contributed by atoms with Crippen LogP contribution in [0.15, 0.2) is 36.4 Å². The Balaban J connectivity index is 2.13. The molecule has 0 bridgehead atoms. The van der Waals surface area contributed by atoms with Crippen molar-refractivity contribution in [1.82, 2.24) is 0 Å². The van der Waals surface area contributed by atoms with Gasteiger partial charge in [0.05, 0.1) is 5.69 Å². The third-order valence-corrected chi connectivity index (χ3v) is 2.38. The smallest absolute Gasteiger partial charge is 0.161 e. The molecule has 2 rings (SSSR count). The molecule has 18 heavy (non-hydrogen) atoms. The zero-order valence-corrected chi connectivity index (χ0v) is 9.18. The van der Waals surface area contributed by atoms with Gasteiger partial charge in [0.1, 0.15) is 11.6 Å². The van der Waals surface area contributed by atoms with Crippen LogP contribution < -0.4 is 5.32 Å². The summed E-state index contributed by atoms with van der Waals surface area (Å²) in [4.78, 5) is 0. The summed E-state index contributed by atoms with van der Waals surface area (Å²) in [6.07, 6.45) is 0. The molecule has 2 aromatic rings. The van der Waals surface area contributed by atoms with E-state index in [4.69, 9.17) is 0 Å². The summed E-state index contributed by atoms with van der Waals surface area (Å²) >= 11 is 0. The monoisotopic (exact) mass is 255 g/mol. The van der Waals surface area contributed by atoms with Crippen LogP contribution in [0.2, 0.25) is 0 Å². The Morgan fingerprint density at radius 2 is 1.56 bits per heavy atom. The number of rotatable bonds is 3. The van der Waals surface area contributed by atoms with E-state index in [1.54, 1.807) is 6.07 Å². The fourth-order valence-electron chi connectivity index (χ4n) is 1.50. The minimum atomic E-state index is -1.25. The standard InChI is InChI=1S/C13H9F4N/c14-9-3-1-2-8(4-9)7-18-13-6-11(16)10(15)5-12(13)17/h1-6,18H,7H2. The average Bonchev–Trinajstić information content (AvgIpc) is 2.32. The quantitative estimate of drug-likeness (QED) is 0.648. The van der Waals surface area contributed by atoms with Crippen LogP contribution in [0.5, 0.6) is 0 Å². The molecule has 0 saturated heterocycles. The first-order valence-corrected chi connectivity index (χ1v) is 5.19. The lowest BCUT2D eigenvalue weighted by molar-refractivity contribution is 0.496. The first kappa shape index (κ1) is 12.4. The Kier molecular flexibility index (Phi) is 3.50. The molecule has 2 aromatic carbocycles. The maximum Gasteiger partial charge on any atom is 0.161 e. The van der Waals surface area contributed by atoms with E-state index in [1.807, 2.05) is 0 Å². The Labute approximate surface area is 101 Å². The van der Waals surface area contributed by atoms with Gasteiger partial charge in [-0.2, -0.15) is 0 Å². The van der Waals surface area contributed by atoms with Crippen LogP contribution in [0.1, 0.15) is 5.56 Å². The second-order valence-electron chi connectivity index (χ2n) is 3.73. The highest BCUT2D eigenvalue weighted by Crippen LogP contribution is 2.19. The molecular weight excluding hydrogens is 246 g/mol. The van der Waals surface area contributed by atoms with E-state index in [0.717, 1.165) is 6.07 Å². The number of halogens is 4. The van der Waals surface area contributed by atoms with Crippen molar-refractivity contribution in [2.75, 3.05) is 5.32 Å². The van der Waals surface area contributed by atoms with E-state index >= 15 is 0 Å². The maximum absolute atomic E-state index is 13.3. The molecule has 0 amide bonds. The Morgan fingerprint density at radius 1 is 0.833 bits per heavy atom. The van der Waals surface area contributed by atoms with Crippen LogP contribution in [-0.2, 0) is 6.54 Å². The van der Waals surface area contributed by atoms with Crippen molar-refractivity contribution in [2.24, 2.45) is 0 Å². The van der Waals surface area contributed by atoms with Crippen molar-refractivity contribution in [3.8, 4) is 0 Å². The Hall–Kier alpha value is -2.04. The zero-order chi connectivity index (χ0) is 13.1. The molecule has 0 fully saturated rings. The van der Waals surface area contributed by atoms with Crippen molar-refractivity contribution in [3.63, 3.8) is 0 Å². The fraction of sp³-hybridized carbons (Fsp3) is 0.0769. The van der Waals surface area contributed by atoms with E-state index in [0.29, 0.717) is 11.6 Å². The van der Waals surface area contributed by atoms with Crippen molar-refractivity contribution < 1.29 is 17.6 Å². The molecule has 0 aliphatic carbocycles. The Bertz CT molecular complexity index is 569. The molecule has 0 aromatic heterocycles. The highest BCUT2D eigenvalue weighted by molar-refractivity contribution is 5.45. The minimum absolute atomic E-state index is 0.111. The van der Waals surface area contributed by atoms with Gasteiger partial charge in [-0.05, 0) is 17.7 Å². The zero-order valence-electron chi connectivity index (χ0n) is 9.18. The summed E-state index contributed by atoms with van der Waals surface area (Å²) in [6.45, 7) is 0.111. The molecule has 94 valence electrons. The van der Waals surface area contributed by atoms with Gasteiger partial charge in [0.15, 0.2) is 11.6 Å². The van der Waals surface area contributed by atoms with E-state index < -0.39 is 23.3 Å². The predicted octanol–water partition coefficient (Wildman–Crippen LogP) is 3.86. The SMILES string of the molecule is Fc1cccc(CNc2cc(F)c(F)cc2F)c1. The maximum atomic E-state index is 13.3. The van der Waals surface area contributed by atoms with Gasteiger partial charge in [0.25, 0.3) is 0 Å². The molecule has 0 atom stereocenters. The number of hydrogen-bond donors (Lipinski definition) is 1. The first-order valence-electron chi connectivity index (χ1n) is 5.19. The van der Waals surface area contributed by atoms with Crippen molar-refractivity contribution in [2.45, 2.75) is 6.54 Å². The summed E-state index contributed by atoms with van der Waals surface area (Å²) in [5.74, 6) is -3.70. The third-order valence-electron chi connectivity index (χ3n) is 2.38. The van der Waals surface area contributed by atoms with Gasteiger partial charge in [0.2, 0.25) is 0 Å². The van der Waals surface area contributed by atoms with Gasteiger partial charge in [0, 0.05) is 18.7 Å². The fourth-order valence-corrected chi connectivity index (χ4v) is 1.50. The highest BCUT2D eigenvalue weighted by atomic mass is 19.2. The van der Waals surface area contributed by atoms with Crippen LogP contribution in [-0.4, -0.2) is 0 Å². The van der Waals surface area contributed by atoms with Gasteiger partial charge in [-0.1, -0.05) is 12.1 Å². The van der Waals surface area contributed by atoms with Gasteiger partial charge in [-0.25, -0.2) is 17.6 Å². The largest absolute Gasteiger partial charge is 0.379 e. The van der Waals surface area contributed by atoms with Crippen LogP contribution in [0.4, 0.5) is 23.2 Å². The topological polar surface area (TPSA) is 12.0 Å². The lowest BCUT2D eigenvalue weighted by Gasteiger charge is -2.08. The molecule has 0 heterocycles. The van der Waals surface area contributed by atoms with Crippen molar-refractivity contribution >= 4 is 5.69 Å². The number of hydrogen-bond acceptors (Lipinski definition) is 1. The summed E-state index contributed by atoms with van der Waals surface area (Å²) in [6, 6.07) is 6.88. The lowest BCUT2D eigenvalue weighted by atomic mass is 10.2. The molecule has 0 radical (unpaired) electrons. The van der Waals surface area contributed by atoms with E-state index in [-0.39, 0.29) is 12.2 Å². The molecule has 1 nitrogen and oxygen atoms in total. The second kappa shape index (κ2) is 5.08. The lowest BCUT2D eigenvalue weighted by Crippen LogP contribution is -2.03. The normalized spacial score (nSPS) is 10.4. The molecule has 0 unspecified atom stereocenters. The van der Waals surface area contributed by atoms with Gasteiger partial charge < -0.3 is 5.32 Å². The number of nitrogens with one attached hydrogen (secondary N) is 1. The van der Waals surface area contributed by atoms with Crippen molar-refractivity contribution in [3.05, 3.63) is 65.2 Å². The molecular formula is C13H9F4N. The molecule has 0 aliphatic rings. The molecule has 0 aliphatic heterocycles. The van der Waals surface area contributed by atoms with E-state index in [1.165, 1.54) is 18.2 Å². The third kappa shape index (κ3) is 2.80. The molecule has 5 heteroatoms. The second-order valence-corrected chi connectivity index (χ2v) is 3.73. The summed E-state index contributed by atoms with van der Waals surface area (Å²) < 4.78 is 51.7. The van der Waals surface area contributed by atoms with Gasteiger partial charge in [-0.3, -0.25) is 0 Å². The Morgan fingerprint density at radius 3 is 2.28 bits per heavy atom. The van der Waals surface area contributed by atoms with Crippen molar-refractivity contribution in [1.29, 1.82) is 0 Å². The van der Waals surface area contributed by atoms with Crippen LogP contribution in [0.3, 0.4) is 0 Å². The minimum Gasteiger partial charge on any atom is -0.379 e.